The van der Waals surface area contributed by atoms with E-state index in [0.717, 1.165) is 0 Å². The molecule has 0 radical (unpaired) electrons. The zero-order chi connectivity index (χ0) is 15.2. The Hall–Kier alpha value is -0.700. The molecule has 0 aliphatic rings. The lowest BCUT2D eigenvalue weighted by Crippen LogP contribution is -2.31. The van der Waals surface area contributed by atoms with Crippen LogP contribution in [0, 0.1) is 0 Å². The van der Waals surface area contributed by atoms with Gasteiger partial charge in [-0.15, -0.1) is 23.5 Å². The summed E-state index contributed by atoms with van der Waals surface area (Å²) in [5.74, 6) is -0.324. The van der Waals surface area contributed by atoms with Gasteiger partial charge in [-0.05, 0) is 17.9 Å². The van der Waals surface area contributed by atoms with Gasteiger partial charge in [0.05, 0.1) is 19.6 Å². The number of thioether (sulfide) groups is 2. The van der Waals surface area contributed by atoms with Crippen LogP contribution in [0.3, 0.4) is 0 Å². The maximum atomic E-state index is 11.4. The quantitative estimate of drug-likeness (QED) is 0.286. The van der Waals surface area contributed by atoms with Gasteiger partial charge in [-0.1, -0.05) is 0 Å². The van der Waals surface area contributed by atoms with Crippen molar-refractivity contribution in [3.8, 4) is 0 Å². The Morgan fingerprint density at radius 2 is 2.05 bits per heavy atom. The van der Waals surface area contributed by atoms with Crippen LogP contribution in [0.1, 0.15) is 6.42 Å². The van der Waals surface area contributed by atoms with Crippen LogP contribution in [0.15, 0.2) is 11.5 Å². The van der Waals surface area contributed by atoms with Crippen molar-refractivity contribution < 1.29 is 19.4 Å². The van der Waals surface area contributed by atoms with Gasteiger partial charge in [0.2, 0.25) is 11.8 Å². The van der Waals surface area contributed by atoms with Gasteiger partial charge in [0.1, 0.15) is 5.44 Å². The topological polar surface area (TPSA) is 87.7 Å². The lowest BCUT2D eigenvalue weighted by Gasteiger charge is -2.15. The van der Waals surface area contributed by atoms with Crippen molar-refractivity contribution in [1.82, 2.24) is 10.6 Å². The summed E-state index contributed by atoms with van der Waals surface area (Å²) >= 11 is 2.88. The molecule has 0 aromatic carbocycles. The first kappa shape index (κ1) is 19.3. The molecule has 0 aliphatic heterocycles. The van der Waals surface area contributed by atoms with Crippen molar-refractivity contribution in [2.75, 3.05) is 38.8 Å². The fraction of sp³-hybridized carbons (Fsp3) is 0.667. The van der Waals surface area contributed by atoms with Crippen molar-refractivity contribution in [1.29, 1.82) is 0 Å². The fourth-order valence-electron chi connectivity index (χ4n) is 1.18. The smallest absolute Gasteiger partial charge is 0.244 e. The molecule has 20 heavy (non-hydrogen) atoms. The molecule has 0 rings (SSSR count). The number of carbonyl (C=O) groups excluding carboxylic acids is 2. The van der Waals surface area contributed by atoms with Crippen molar-refractivity contribution >= 4 is 35.3 Å². The lowest BCUT2D eigenvalue weighted by atomic mass is 10.4. The summed E-state index contributed by atoms with van der Waals surface area (Å²) in [5, 5.41) is 15.5. The molecule has 0 unspecified atom stereocenters. The first-order valence-electron chi connectivity index (χ1n) is 6.13. The molecule has 0 aliphatic carbocycles. The van der Waals surface area contributed by atoms with Crippen molar-refractivity contribution in [3.63, 3.8) is 0 Å². The van der Waals surface area contributed by atoms with Crippen molar-refractivity contribution in [2.45, 2.75) is 11.9 Å². The Morgan fingerprint density at radius 3 is 2.65 bits per heavy atom. The van der Waals surface area contributed by atoms with E-state index >= 15 is 0 Å². The Bertz CT molecular complexity index is 314. The van der Waals surface area contributed by atoms with Gasteiger partial charge in [-0.3, -0.25) is 9.59 Å². The molecule has 8 heteroatoms. The fourth-order valence-corrected chi connectivity index (χ4v) is 1.99. The van der Waals surface area contributed by atoms with E-state index in [4.69, 9.17) is 9.84 Å². The number of hydrogen-bond acceptors (Lipinski definition) is 6. The van der Waals surface area contributed by atoms with Crippen molar-refractivity contribution in [2.24, 2.45) is 0 Å². The summed E-state index contributed by atoms with van der Waals surface area (Å²) < 4.78 is 5.49. The number of hydrogen-bond donors (Lipinski definition) is 3. The predicted octanol–water partition coefficient (Wildman–Crippen LogP) is 0.184. The number of ether oxygens (including phenoxy) is 1. The van der Waals surface area contributed by atoms with Crippen LogP contribution in [0.25, 0.3) is 0 Å². The van der Waals surface area contributed by atoms with E-state index in [0.29, 0.717) is 13.2 Å². The van der Waals surface area contributed by atoms with Gasteiger partial charge in [-0.2, -0.15) is 0 Å². The van der Waals surface area contributed by atoms with Gasteiger partial charge in [0.15, 0.2) is 0 Å². The van der Waals surface area contributed by atoms with E-state index in [1.165, 1.54) is 29.6 Å². The number of aliphatic hydroxyl groups is 1. The molecule has 1 atom stereocenters. The van der Waals surface area contributed by atoms with Crippen LogP contribution in [0.5, 0.6) is 0 Å². The van der Waals surface area contributed by atoms with E-state index < -0.39 is 0 Å². The molecule has 116 valence electrons. The molecule has 0 fully saturated rings. The molecule has 0 aromatic rings. The van der Waals surface area contributed by atoms with Gasteiger partial charge in [0, 0.05) is 19.2 Å². The predicted molar refractivity (Wildman–Crippen MR) is 83.6 cm³/mol. The summed E-state index contributed by atoms with van der Waals surface area (Å²) in [6.45, 7) is 0.911. The van der Waals surface area contributed by atoms with E-state index in [1.54, 1.807) is 5.41 Å². The largest absolute Gasteiger partial charge is 0.395 e. The molecule has 0 saturated carbocycles. The Labute approximate surface area is 128 Å². The van der Waals surface area contributed by atoms with Crippen LogP contribution >= 0.6 is 23.5 Å². The van der Waals surface area contributed by atoms with E-state index in [9.17, 15) is 9.59 Å². The summed E-state index contributed by atoms with van der Waals surface area (Å²) in [6, 6.07) is 0. The monoisotopic (exact) mass is 322 g/mol. The molecule has 6 nitrogen and oxygen atoms in total. The molecule has 0 heterocycles. The minimum absolute atomic E-state index is 0.0773. The summed E-state index contributed by atoms with van der Waals surface area (Å²) in [5.41, 5.74) is -0.257. The second-order valence-corrected chi connectivity index (χ2v) is 5.38. The average Bonchev–Trinajstić information content (AvgIpc) is 2.45. The molecule has 3 N–H and O–H groups in total. The van der Waals surface area contributed by atoms with E-state index in [1.807, 2.05) is 12.5 Å². The number of amides is 2. The summed E-state index contributed by atoms with van der Waals surface area (Å²) in [6.07, 6.45) is 5.40. The maximum Gasteiger partial charge on any atom is 0.244 e. The summed E-state index contributed by atoms with van der Waals surface area (Å²) in [4.78, 5) is 22.7. The number of rotatable bonds is 11. The highest BCUT2D eigenvalue weighted by atomic mass is 32.2. The lowest BCUT2D eigenvalue weighted by molar-refractivity contribution is -0.123. The highest BCUT2D eigenvalue weighted by Crippen LogP contribution is 2.12. The molecule has 2 amide bonds. The maximum absolute atomic E-state index is 11.4. The highest BCUT2D eigenvalue weighted by molar-refractivity contribution is 8.01. The standard InChI is InChI=1S/C12H22N2O4S2/c1-19-8-3-10(16)14-5-7-18-12(20-2)9-11(17)13-4-6-15/h3,8,12,15H,4-7,9H2,1-2H3,(H,13,17)(H,14,16)/b8-3+/t12-/m1/s1. The molecular formula is C12H22N2O4S2. The zero-order valence-corrected chi connectivity index (χ0v) is 13.4. The third kappa shape index (κ3) is 11.2. The zero-order valence-electron chi connectivity index (χ0n) is 11.8. The molecule has 0 spiro atoms. The van der Waals surface area contributed by atoms with Crippen molar-refractivity contribution in [3.05, 3.63) is 11.5 Å². The average molecular weight is 322 g/mol. The molecule has 0 aromatic heterocycles. The minimum Gasteiger partial charge on any atom is -0.395 e. The van der Waals surface area contributed by atoms with Crippen LogP contribution in [-0.2, 0) is 14.3 Å². The first-order chi connectivity index (χ1) is 9.63. The van der Waals surface area contributed by atoms with Crippen LogP contribution in [0.2, 0.25) is 0 Å². The highest BCUT2D eigenvalue weighted by Gasteiger charge is 2.12. The minimum atomic E-state index is -0.257. The first-order valence-corrected chi connectivity index (χ1v) is 8.70. The summed E-state index contributed by atoms with van der Waals surface area (Å²) in [7, 11) is 0. The third-order valence-corrected chi connectivity index (χ3v) is 3.35. The second-order valence-electron chi connectivity index (χ2n) is 3.64. The Kier molecular flexibility index (Phi) is 12.8. The molecule has 0 bridgehead atoms. The number of carbonyl (C=O) groups is 2. The Morgan fingerprint density at radius 1 is 1.30 bits per heavy atom. The van der Waals surface area contributed by atoms with Gasteiger partial charge < -0.3 is 20.5 Å². The molecule has 0 saturated heterocycles. The van der Waals surface area contributed by atoms with E-state index in [-0.39, 0.29) is 36.8 Å². The Balaban J connectivity index is 3.76. The van der Waals surface area contributed by atoms with Gasteiger partial charge >= 0.3 is 0 Å². The van der Waals surface area contributed by atoms with Crippen LogP contribution in [-0.4, -0.2) is 61.2 Å². The number of nitrogens with one attached hydrogen (secondary N) is 2. The number of aliphatic hydroxyl groups excluding tert-OH is 1. The second kappa shape index (κ2) is 13.3. The van der Waals surface area contributed by atoms with Crippen LogP contribution < -0.4 is 10.6 Å². The van der Waals surface area contributed by atoms with E-state index in [2.05, 4.69) is 10.6 Å². The van der Waals surface area contributed by atoms with Gasteiger partial charge in [0.25, 0.3) is 0 Å². The normalized spacial score (nSPS) is 12.3. The van der Waals surface area contributed by atoms with Gasteiger partial charge in [-0.25, -0.2) is 0 Å². The third-order valence-electron chi connectivity index (χ3n) is 2.11. The molecular weight excluding hydrogens is 300 g/mol. The van der Waals surface area contributed by atoms with Crippen LogP contribution in [0.4, 0.5) is 0 Å². The SMILES string of the molecule is CS/C=C/C(=O)NCCO[C@@H](CC(=O)NCCO)SC.